The van der Waals surface area contributed by atoms with Crippen LogP contribution in [0.1, 0.15) is 5.56 Å². The topological polar surface area (TPSA) is 41.0 Å². The highest BCUT2D eigenvalue weighted by atomic mass is 79.9. The Morgan fingerprint density at radius 3 is 2.70 bits per heavy atom. The van der Waals surface area contributed by atoms with Gasteiger partial charge in [0.1, 0.15) is 18.0 Å². The highest BCUT2D eigenvalue weighted by Crippen LogP contribution is 2.33. The molecule has 114 valence electrons. The van der Waals surface area contributed by atoms with Crippen LogP contribution in [0, 0.1) is 0 Å². The maximum Gasteiger partial charge on any atom is 0.138 e. The van der Waals surface area contributed by atoms with Gasteiger partial charge >= 0.3 is 0 Å². The number of benzene rings is 2. The fraction of sp³-hybridized carbons (Fsp3) is 0.111. The summed E-state index contributed by atoms with van der Waals surface area (Å²) in [5, 5.41) is 3.32. The van der Waals surface area contributed by atoms with E-state index in [0.29, 0.717) is 0 Å². The molecule has 0 spiro atoms. The molecular formula is C18H15BrN4. The SMILES string of the molecule is Brc1ccc(Nc2cc(N3CCc4ccccc43)ncn2)cc1. The highest BCUT2D eigenvalue weighted by molar-refractivity contribution is 9.10. The summed E-state index contributed by atoms with van der Waals surface area (Å²) in [6.07, 6.45) is 2.66. The Morgan fingerprint density at radius 2 is 1.83 bits per heavy atom. The van der Waals surface area contributed by atoms with Gasteiger partial charge in [0, 0.05) is 28.5 Å². The Kier molecular flexibility index (Phi) is 3.71. The Morgan fingerprint density at radius 1 is 1.00 bits per heavy atom. The first kappa shape index (κ1) is 14.2. The molecule has 0 unspecified atom stereocenters. The van der Waals surface area contributed by atoms with Gasteiger partial charge < -0.3 is 10.2 Å². The molecule has 4 nitrogen and oxygen atoms in total. The summed E-state index contributed by atoms with van der Waals surface area (Å²) >= 11 is 3.44. The van der Waals surface area contributed by atoms with Gasteiger partial charge in [-0.25, -0.2) is 9.97 Å². The first-order valence-electron chi connectivity index (χ1n) is 7.50. The molecule has 0 saturated carbocycles. The van der Waals surface area contributed by atoms with Gasteiger partial charge in [-0.2, -0.15) is 0 Å². The zero-order valence-electron chi connectivity index (χ0n) is 12.4. The molecule has 1 N–H and O–H groups in total. The molecule has 5 heteroatoms. The lowest BCUT2D eigenvalue weighted by atomic mass is 10.2. The molecule has 4 rings (SSSR count). The van der Waals surface area contributed by atoms with Gasteiger partial charge in [0.05, 0.1) is 0 Å². The highest BCUT2D eigenvalue weighted by Gasteiger charge is 2.20. The number of rotatable bonds is 3. The fourth-order valence-electron chi connectivity index (χ4n) is 2.82. The van der Waals surface area contributed by atoms with E-state index in [1.54, 1.807) is 6.33 Å². The molecule has 3 aromatic rings. The van der Waals surface area contributed by atoms with Gasteiger partial charge in [0.2, 0.25) is 0 Å². The quantitative estimate of drug-likeness (QED) is 0.730. The molecule has 1 aromatic heterocycles. The van der Waals surface area contributed by atoms with Crippen molar-refractivity contribution in [2.45, 2.75) is 6.42 Å². The van der Waals surface area contributed by atoms with Crippen molar-refractivity contribution in [3.63, 3.8) is 0 Å². The zero-order chi connectivity index (χ0) is 15.6. The first-order valence-corrected chi connectivity index (χ1v) is 8.29. The third-order valence-electron chi connectivity index (χ3n) is 3.93. The lowest BCUT2D eigenvalue weighted by molar-refractivity contribution is 0.965. The van der Waals surface area contributed by atoms with Gasteiger partial charge in [0.25, 0.3) is 0 Å². The van der Waals surface area contributed by atoms with Crippen LogP contribution in [0.3, 0.4) is 0 Å². The van der Waals surface area contributed by atoms with Crippen LogP contribution in [0.2, 0.25) is 0 Å². The van der Waals surface area contributed by atoms with Crippen LogP contribution in [-0.4, -0.2) is 16.5 Å². The van der Waals surface area contributed by atoms with E-state index in [1.165, 1.54) is 11.3 Å². The minimum absolute atomic E-state index is 0.793. The molecule has 23 heavy (non-hydrogen) atoms. The van der Waals surface area contributed by atoms with Gasteiger partial charge in [-0.1, -0.05) is 34.1 Å². The number of nitrogens with one attached hydrogen (secondary N) is 1. The number of halogens is 1. The Balaban J connectivity index is 1.61. The summed E-state index contributed by atoms with van der Waals surface area (Å²) < 4.78 is 1.06. The number of aromatic nitrogens is 2. The molecule has 0 saturated heterocycles. The van der Waals surface area contributed by atoms with Gasteiger partial charge in [0.15, 0.2) is 0 Å². The summed E-state index contributed by atoms with van der Waals surface area (Å²) in [5.41, 5.74) is 3.61. The van der Waals surface area contributed by atoms with Crippen LogP contribution in [0.15, 0.2) is 65.4 Å². The van der Waals surface area contributed by atoms with Crippen LogP contribution in [0.4, 0.5) is 23.0 Å². The van der Waals surface area contributed by atoms with E-state index in [4.69, 9.17) is 0 Å². The molecule has 2 aromatic carbocycles. The Bertz CT molecular complexity index is 832. The predicted molar refractivity (Wildman–Crippen MR) is 96.6 cm³/mol. The van der Waals surface area contributed by atoms with Crippen molar-refractivity contribution >= 4 is 38.9 Å². The predicted octanol–water partition coefficient (Wildman–Crippen LogP) is 4.68. The van der Waals surface area contributed by atoms with Gasteiger partial charge in [-0.3, -0.25) is 0 Å². The molecule has 0 atom stereocenters. The molecule has 2 heterocycles. The average molecular weight is 367 g/mol. The van der Waals surface area contributed by atoms with E-state index < -0.39 is 0 Å². The fourth-order valence-corrected chi connectivity index (χ4v) is 3.08. The maximum absolute atomic E-state index is 4.44. The summed E-state index contributed by atoms with van der Waals surface area (Å²) in [7, 11) is 0. The molecule has 0 fully saturated rings. The largest absolute Gasteiger partial charge is 0.340 e. The molecule has 0 amide bonds. The number of nitrogens with zero attached hydrogens (tertiary/aromatic N) is 3. The molecule has 1 aliphatic heterocycles. The number of para-hydroxylation sites is 1. The second-order valence-electron chi connectivity index (χ2n) is 5.42. The van der Waals surface area contributed by atoms with Crippen LogP contribution in [-0.2, 0) is 6.42 Å². The normalized spacial score (nSPS) is 13.0. The van der Waals surface area contributed by atoms with Crippen LogP contribution in [0.5, 0.6) is 0 Å². The maximum atomic E-state index is 4.44. The summed E-state index contributed by atoms with van der Waals surface area (Å²) in [6, 6.07) is 18.5. The number of hydrogen-bond acceptors (Lipinski definition) is 4. The number of fused-ring (bicyclic) bond motifs is 1. The third-order valence-corrected chi connectivity index (χ3v) is 4.46. The zero-order valence-corrected chi connectivity index (χ0v) is 14.0. The van der Waals surface area contributed by atoms with Crippen molar-refractivity contribution in [2.75, 3.05) is 16.8 Å². The van der Waals surface area contributed by atoms with Gasteiger partial charge in [-0.15, -0.1) is 0 Å². The first-order chi connectivity index (χ1) is 11.3. The smallest absolute Gasteiger partial charge is 0.138 e. The second kappa shape index (κ2) is 6.01. The minimum Gasteiger partial charge on any atom is -0.340 e. The Labute approximate surface area is 143 Å². The number of hydrogen-bond donors (Lipinski definition) is 1. The lowest BCUT2D eigenvalue weighted by Crippen LogP contribution is -2.15. The van der Waals surface area contributed by atoms with Crippen molar-refractivity contribution in [3.05, 3.63) is 71.0 Å². The van der Waals surface area contributed by atoms with E-state index in [9.17, 15) is 0 Å². The monoisotopic (exact) mass is 366 g/mol. The van der Waals surface area contributed by atoms with Crippen LogP contribution < -0.4 is 10.2 Å². The molecule has 0 radical (unpaired) electrons. The second-order valence-corrected chi connectivity index (χ2v) is 6.34. The van der Waals surface area contributed by atoms with E-state index in [-0.39, 0.29) is 0 Å². The average Bonchev–Trinajstić information content (AvgIpc) is 3.01. The van der Waals surface area contributed by atoms with Crippen LogP contribution >= 0.6 is 15.9 Å². The molecule has 1 aliphatic rings. The molecule has 0 aliphatic carbocycles. The third kappa shape index (κ3) is 2.92. The van der Waals surface area contributed by atoms with Gasteiger partial charge in [-0.05, 0) is 42.3 Å². The summed E-state index contributed by atoms with van der Waals surface area (Å²) in [4.78, 5) is 11.0. The van der Waals surface area contributed by atoms with Crippen molar-refractivity contribution in [3.8, 4) is 0 Å². The molecule has 0 bridgehead atoms. The lowest BCUT2D eigenvalue weighted by Gasteiger charge is -2.18. The van der Waals surface area contributed by atoms with E-state index in [2.05, 4.69) is 60.4 Å². The standard InChI is InChI=1S/C18H15BrN4/c19-14-5-7-15(8-6-14)22-17-11-18(21-12-20-17)23-10-9-13-3-1-2-4-16(13)23/h1-8,11-12H,9-10H2,(H,20,21,22). The minimum atomic E-state index is 0.793. The summed E-state index contributed by atoms with van der Waals surface area (Å²) in [5.74, 6) is 1.71. The number of anilines is 4. The van der Waals surface area contributed by atoms with Crippen molar-refractivity contribution in [1.29, 1.82) is 0 Å². The van der Waals surface area contributed by atoms with Crippen LogP contribution in [0.25, 0.3) is 0 Å². The molecular weight excluding hydrogens is 352 g/mol. The van der Waals surface area contributed by atoms with Crippen molar-refractivity contribution in [2.24, 2.45) is 0 Å². The van der Waals surface area contributed by atoms with Crippen molar-refractivity contribution in [1.82, 2.24) is 9.97 Å². The summed E-state index contributed by atoms with van der Waals surface area (Å²) in [6.45, 7) is 0.952. The van der Waals surface area contributed by atoms with Crippen molar-refractivity contribution < 1.29 is 0 Å². The van der Waals surface area contributed by atoms with E-state index in [0.717, 1.165) is 34.8 Å². The Hall–Kier alpha value is -2.40. The van der Waals surface area contributed by atoms with E-state index in [1.807, 2.05) is 30.3 Å². The van der Waals surface area contributed by atoms with E-state index >= 15 is 0 Å².